The molecule has 2 aromatic heterocycles. The Morgan fingerprint density at radius 3 is 2.71 bits per heavy atom. The maximum absolute atomic E-state index is 13.1. The second-order valence-corrected chi connectivity index (χ2v) is 6.19. The molecule has 0 aliphatic heterocycles. The molecule has 1 aromatic carbocycles. The van der Waals surface area contributed by atoms with E-state index in [1.165, 1.54) is 21.8 Å². The predicted octanol–water partition coefficient (Wildman–Crippen LogP) is 3.64. The monoisotopic (exact) mass is 392 g/mol. The molecule has 2 heterocycles. The van der Waals surface area contributed by atoms with Crippen molar-refractivity contribution in [2.45, 2.75) is 19.1 Å². The lowest BCUT2D eigenvalue weighted by Crippen LogP contribution is -2.33. The van der Waals surface area contributed by atoms with Crippen LogP contribution in [0.15, 0.2) is 55.4 Å². The van der Waals surface area contributed by atoms with Gasteiger partial charge in [0.2, 0.25) is 0 Å². The van der Waals surface area contributed by atoms with Crippen molar-refractivity contribution in [3.8, 4) is 5.69 Å². The van der Waals surface area contributed by atoms with Crippen LogP contribution in [0, 0.1) is 0 Å². The van der Waals surface area contributed by atoms with Crippen molar-refractivity contribution < 1.29 is 18.0 Å². The number of rotatable bonds is 6. The maximum Gasteiger partial charge on any atom is 0.416 e. The molecule has 0 unspecified atom stereocenters. The topological polar surface area (TPSA) is 68.0 Å². The molecule has 0 atom stereocenters. The van der Waals surface area contributed by atoms with Gasteiger partial charge in [0.05, 0.1) is 23.3 Å². The first kappa shape index (κ1) is 19.5. The molecule has 0 radical (unpaired) electrons. The van der Waals surface area contributed by atoms with Crippen LogP contribution in [0.1, 0.15) is 12.0 Å². The highest BCUT2D eigenvalue weighted by Crippen LogP contribution is 2.33. The third-order valence-electron chi connectivity index (χ3n) is 4.13. The molecule has 3 rings (SSSR count). The van der Waals surface area contributed by atoms with E-state index < -0.39 is 17.8 Å². The van der Waals surface area contributed by atoms with Gasteiger partial charge in [0, 0.05) is 44.9 Å². The average Bonchev–Trinajstić information content (AvgIpc) is 3.34. The molecule has 3 aromatic rings. The zero-order valence-corrected chi connectivity index (χ0v) is 15.1. The molecule has 2 amide bonds. The Hall–Kier alpha value is -3.30. The van der Waals surface area contributed by atoms with E-state index in [9.17, 15) is 18.0 Å². The Bertz CT molecular complexity index is 906. The molecule has 0 spiro atoms. The number of benzene rings is 1. The predicted molar refractivity (Wildman–Crippen MR) is 97.1 cm³/mol. The summed E-state index contributed by atoms with van der Waals surface area (Å²) in [5, 5.41) is 6.59. The van der Waals surface area contributed by atoms with Crippen LogP contribution in [0.2, 0.25) is 0 Å². The van der Waals surface area contributed by atoms with Crippen molar-refractivity contribution in [2.75, 3.05) is 18.9 Å². The van der Waals surface area contributed by atoms with E-state index in [0.29, 0.717) is 25.2 Å². The molecule has 1 N–H and O–H groups in total. The van der Waals surface area contributed by atoms with Gasteiger partial charge in [-0.1, -0.05) is 0 Å². The number of halogens is 3. The van der Waals surface area contributed by atoms with E-state index in [1.807, 2.05) is 10.8 Å². The van der Waals surface area contributed by atoms with Gasteiger partial charge in [0.15, 0.2) is 0 Å². The standard InChI is InChI=1S/C18H19F3N6O/c1-25(8-3-9-26-11-7-22-13-26)17(28)24-15-12-14(18(19,20)21)4-5-16(15)27-10-2-6-23-27/h2,4-7,10-13H,3,8-9H2,1H3,(H,24,28). The lowest BCUT2D eigenvalue weighted by Gasteiger charge is -2.20. The Kier molecular flexibility index (Phi) is 5.67. The van der Waals surface area contributed by atoms with E-state index in [2.05, 4.69) is 15.4 Å². The van der Waals surface area contributed by atoms with E-state index in [4.69, 9.17) is 0 Å². The highest BCUT2D eigenvalue weighted by molar-refractivity contribution is 5.91. The minimum atomic E-state index is -4.52. The summed E-state index contributed by atoms with van der Waals surface area (Å²) in [6.07, 6.45) is 4.42. The number of carbonyl (C=O) groups excluding carboxylic acids is 1. The van der Waals surface area contributed by atoms with Gasteiger partial charge in [-0.15, -0.1) is 0 Å². The van der Waals surface area contributed by atoms with Crippen molar-refractivity contribution in [1.29, 1.82) is 0 Å². The number of nitrogens with one attached hydrogen (secondary N) is 1. The minimum absolute atomic E-state index is 0.0324. The van der Waals surface area contributed by atoms with Crippen LogP contribution >= 0.6 is 0 Å². The van der Waals surface area contributed by atoms with E-state index >= 15 is 0 Å². The number of alkyl halides is 3. The first-order chi connectivity index (χ1) is 13.3. The molecule has 0 fully saturated rings. The summed E-state index contributed by atoms with van der Waals surface area (Å²) < 4.78 is 42.5. The lowest BCUT2D eigenvalue weighted by atomic mass is 10.1. The molecule has 0 saturated heterocycles. The number of imidazole rings is 1. The summed E-state index contributed by atoms with van der Waals surface area (Å²) in [6.45, 7) is 1.11. The van der Waals surface area contributed by atoms with Crippen LogP contribution in [-0.2, 0) is 12.7 Å². The zero-order valence-electron chi connectivity index (χ0n) is 15.1. The Balaban J connectivity index is 1.72. The lowest BCUT2D eigenvalue weighted by molar-refractivity contribution is -0.137. The third-order valence-corrected chi connectivity index (χ3v) is 4.13. The summed E-state index contributed by atoms with van der Waals surface area (Å²) in [5.74, 6) is 0. The summed E-state index contributed by atoms with van der Waals surface area (Å²) >= 11 is 0. The molecular formula is C18H19F3N6O. The molecular weight excluding hydrogens is 373 g/mol. The summed E-state index contributed by atoms with van der Waals surface area (Å²) in [5.41, 5.74) is -0.468. The largest absolute Gasteiger partial charge is 0.416 e. The molecule has 0 bridgehead atoms. The van der Waals surface area contributed by atoms with Crippen LogP contribution in [0.25, 0.3) is 5.69 Å². The SMILES string of the molecule is CN(CCCn1ccnc1)C(=O)Nc1cc(C(F)(F)F)ccc1-n1cccn1. The van der Waals surface area contributed by atoms with Crippen LogP contribution in [0.3, 0.4) is 0 Å². The molecule has 0 aliphatic carbocycles. The van der Waals surface area contributed by atoms with Crippen LogP contribution in [0.4, 0.5) is 23.7 Å². The normalized spacial score (nSPS) is 11.4. The Morgan fingerprint density at radius 1 is 1.25 bits per heavy atom. The number of carbonyl (C=O) groups is 1. The summed E-state index contributed by atoms with van der Waals surface area (Å²) in [7, 11) is 1.59. The van der Waals surface area contributed by atoms with Gasteiger partial charge in [-0.2, -0.15) is 18.3 Å². The fraction of sp³-hybridized carbons (Fsp3) is 0.278. The number of aryl methyl sites for hydroxylation is 1. The van der Waals surface area contributed by atoms with E-state index in [-0.39, 0.29) is 5.69 Å². The minimum Gasteiger partial charge on any atom is -0.337 e. The van der Waals surface area contributed by atoms with Crippen molar-refractivity contribution in [1.82, 2.24) is 24.2 Å². The second-order valence-electron chi connectivity index (χ2n) is 6.19. The van der Waals surface area contributed by atoms with Gasteiger partial charge in [-0.05, 0) is 30.7 Å². The highest BCUT2D eigenvalue weighted by Gasteiger charge is 2.31. The molecule has 148 valence electrons. The third kappa shape index (κ3) is 4.70. The van der Waals surface area contributed by atoms with Gasteiger partial charge in [0.1, 0.15) is 0 Å². The highest BCUT2D eigenvalue weighted by atomic mass is 19.4. The fourth-order valence-electron chi connectivity index (χ4n) is 2.65. The van der Waals surface area contributed by atoms with E-state index in [0.717, 1.165) is 12.1 Å². The quantitative estimate of drug-likeness (QED) is 0.696. The second kappa shape index (κ2) is 8.15. The van der Waals surface area contributed by atoms with Crippen molar-refractivity contribution in [3.63, 3.8) is 0 Å². The average molecular weight is 392 g/mol. The fourth-order valence-corrected chi connectivity index (χ4v) is 2.65. The van der Waals surface area contributed by atoms with Crippen LogP contribution in [-0.4, -0.2) is 43.9 Å². The van der Waals surface area contributed by atoms with Gasteiger partial charge >= 0.3 is 12.2 Å². The maximum atomic E-state index is 13.1. The number of urea groups is 1. The summed E-state index contributed by atoms with van der Waals surface area (Å²) in [6, 6.07) is 4.30. The Morgan fingerprint density at radius 2 is 2.07 bits per heavy atom. The van der Waals surface area contributed by atoms with Crippen LogP contribution < -0.4 is 5.32 Å². The van der Waals surface area contributed by atoms with Crippen molar-refractivity contribution in [3.05, 3.63) is 60.9 Å². The van der Waals surface area contributed by atoms with Gasteiger partial charge in [-0.3, -0.25) is 0 Å². The smallest absolute Gasteiger partial charge is 0.337 e. The first-order valence-electron chi connectivity index (χ1n) is 8.54. The number of anilines is 1. The van der Waals surface area contributed by atoms with E-state index in [1.54, 1.807) is 31.8 Å². The molecule has 10 heteroatoms. The molecule has 7 nitrogen and oxygen atoms in total. The number of aromatic nitrogens is 4. The van der Waals surface area contributed by atoms with Gasteiger partial charge in [0.25, 0.3) is 0 Å². The molecule has 0 saturated carbocycles. The number of hydrogen-bond donors (Lipinski definition) is 1. The summed E-state index contributed by atoms with van der Waals surface area (Å²) in [4.78, 5) is 17.8. The van der Waals surface area contributed by atoms with Crippen molar-refractivity contribution >= 4 is 11.7 Å². The number of hydrogen-bond acceptors (Lipinski definition) is 3. The number of amides is 2. The van der Waals surface area contributed by atoms with Crippen molar-refractivity contribution in [2.24, 2.45) is 0 Å². The molecule has 28 heavy (non-hydrogen) atoms. The van der Waals surface area contributed by atoms with Gasteiger partial charge < -0.3 is 14.8 Å². The first-order valence-corrected chi connectivity index (χ1v) is 8.54. The van der Waals surface area contributed by atoms with Gasteiger partial charge in [-0.25, -0.2) is 14.5 Å². The Labute approximate surface area is 159 Å². The zero-order chi connectivity index (χ0) is 20.1. The molecule has 0 aliphatic rings. The van der Waals surface area contributed by atoms with Crippen LogP contribution in [0.5, 0.6) is 0 Å². The number of nitrogens with zero attached hydrogens (tertiary/aromatic N) is 5.